The van der Waals surface area contributed by atoms with Gasteiger partial charge in [-0.15, -0.1) is 0 Å². The quantitative estimate of drug-likeness (QED) is 0.359. The highest BCUT2D eigenvalue weighted by Crippen LogP contribution is 2.35. The van der Waals surface area contributed by atoms with Crippen molar-refractivity contribution in [2.24, 2.45) is 5.73 Å². The van der Waals surface area contributed by atoms with E-state index in [2.05, 4.69) is 15.2 Å². The molecule has 5 aromatic rings. The molecule has 0 radical (unpaired) electrons. The molecule has 37 heavy (non-hydrogen) atoms. The lowest BCUT2D eigenvalue weighted by atomic mass is 10.1. The summed E-state index contributed by atoms with van der Waals surface area (Å²) >= 11 is 6.24. The van der Waals surface area contributed by atoms with E-state index >= 15 is 0 Å². The van der Waals surface area contributed by atoms with Crippen molar-refractivity contribution in [2.45, 2.75) is 12.8 Å². The highest BCUT2D eigenvalue weighted by Gasteiger charge is 2.40. The molecule has 1 amide bonds. The number of primary amides is 1. The molecule has 3 N–H and O–H groups in total. The van der Waals surface area contributed by atoms with Gasteiger partial charge in [0.15, 0.2) is 5.69 Å². The fourth-order valence-electron chi connectivity index (χ4n) is 3.95. The molecule has 0 saturated carbocycles. The molecule has 5 rings (SSSR count). The summed E-state index contributed by atoms with van der Waals surface area (Å²) in [6.45, 7) is -0.314. The van der Waals surface area contributed by atoms with Crippen LogP contribution in [0.2, 0.25) is 5.15 Å². The second kappa shape index (κ2) is 8.87. The Hall–Kier alpha value is -4.49. The Bertz CT molecular complexity index is 1740. The van der Waals surface area contributed by atoms with Gasteiger partial charge >= 0.3 is 6.18 Å². The summed E-state index contributed by atoms with van der Waals surface area (Å²) in [7, 11) is 0. The molecule has 4 aromatic heterocycles. The van der Waals surface area contributed by atoms with Gasteiger partial charge in [-0.1, -0.05) is 17.7 Å². The zero-order chi connectivity index (χ0) is 26.5. The van der Waals surface area contributed by atoms with Crippen LogP contribution in [0.1, 0.15) is 21.6 Å². The average Bonchev–Trinajstić information content (AvgIpc) is 3.48. The Morgan fingerprint density at radius 1 is 1.03 bits per heavy atom. The van der Waals surface area contributed by atoms with Crippen LogP contribution >= 0.6 is 11.6 Å². The van der Waals surface area contributed by atoms with Crippen LogP contribution < -0.4 is 11.3 Å². The number of carbonyl (C=O) groups excluding carboxylic acids is 1. The van der Waals surface area contributed by atoms with E-state index in [1.54, 1.807) is 6.07 Å². The molecule has 0 spiro atoms. The number of nitrogens with zero attached hydrogens (tertiary/aromatic N) is 6. The van der Waals surface area contributed by atoms with E-state index in [4.69, 9.17) is 17.3 Å². The van der Waals surface area contributed by atoms with Crippen LogP contribution in [0.5, 0.6) is 0 Å². The number of carbonyl (C=O) groups is 1. The molecule has 0 aliphatic rings. The zero-order valence-corrected chi connectivity index (χ0v) is 19.3. The highest BCUT2D eigenvalue weighted by molar-refractivity contribution is 6.30. The van der Waals surface area contributed by atoms with Crippen LogP contribution in [0, 0.1) is 0 Å². The minimum absolute atomic E-state index is 0.0618. The summed E-state index contributed by atoms with van der Waals surface area (Å²) in [6.07, 6.45) is 1.45. The lowest BCUT2D eigenvalue weighted by Gasteiger charge is -2.14. The lowest BCUT2D eigenvalue weighted by Crippen LogP contribution is -2.21. The summed E-state index contributed by atoms with van der Waals surface area (Å²) in [6, 6.07) is 7.25. The highest BCUT2D eigenvalue weighted by atomic mass is 35.5. The van der Waals surface area contributed by atoms with Crippen molar-refractivity contribution in [1.29, 1.82) is 0 Å². The van der Waals surface area contributed by atoms with Gasteiger partial charge in [-0.25, -0.2) is 9.36 Å². The normalized spacial score (nSPS) is 11.8. The first kappa shape index (κ1) is 24.2. The Morgan fingerprint density at radius 2 is 1.76 bits per heavy atom. The van der Waals surface area contributed by atoms with Crippen LogP contribution in [0.15, 0.2) is 66.1 Å². The number of hydrogen-bond acceptors (Lipinski definition) is 6. The number of aliphatic hydroxyl groups excluding tert-OH is 1. The number of alkyl halides is 3. The van der Waals surface area contributed by atoms with E-state index in [9.17, 15) is 27.9 Å². The topological polar surface area (TPSA) is 134 Å². The Balaban J connectivity index is 1.66. The maximum atomic E-state index is 13.8. The van der Waals surface area contributed by atoms with Gasteiger partial charge in [0.25, 0.3) is 11.5 Å². The number of nitrogens with two attached hydrogens (primary N) is 1. The smallest absolute Gasteiger partial charge is 0.392 e. The van der Waals surface area contributed by atoms with Gasteiger partial charge in [-0.2, -0.15) is 23.4 Å². The predicted molar refractivity (Wildman–Crippen MR) is 126 cm³/mol. The van der Waals surface area contributed by atoms with Gasteiger partial charge in [-0.05, 0) is 24.3 Å². The molecule has 1 aromatic carbocycles. The van der Waals surface area contributed by atoms with Gasteiger partial charge in [0.2, 0.25) is 0 Å². The first-order valence-corrected chi connectivity index (χ1v) is 10.9. The van der Waals surface area contributed by atoms with E-state index in [-0.39, 0.29) is 28.2 Å². The van der Waals surface area contributed by atoms with E-state index in [1.807, 2.05) is 0 Å². The average molecular weight is 530 g/mol. The van der Waals surface area contributed by atoms with Crippen LogP contribution in [0.25, 0.3) is 27.8 Å². The maximum absolute atomic E-state index is 13.8. The number of hydrogen-bond donors (Lipinski definition) is 2. The van der Waals surface area contributed by atoms with Crippen LogP contribution in [0.3, 0.4) is 0 Å². The monoisotopic (exact) mass is 529 g/mol. The summed E-state index contributed by atoms with van der Waals surface area (Å²) in [5, 5.41) is 17.6. The minimum atomic E-state index is -4.94. The van der Waals surface area contributed by atoms with Crippen LogP contribution in [-0.4, -0.2) is 40.1 Å². The SMILES string of the molecule is NC(=O)c1cnn(-c2cccc3c(=O)n(-c4cncc(-n5ncc(CO)c5Cl)c4)ccc23)c1C(F)(F)F. The third-order valence-corrected chi connectivity index (χ3v) is 6.04. The van der Waals surface area contributed by atoms with Gasteiger partial charge in [0.05, 0.1) is 54.0 Å². The first-order valence-electron chi connectivity index (χ1n) is 10.5. The van der Waals surface area contributed by atoms with Crippen molar-refractivity contribution in [3.05, 3.63) is 93.6 Å². The van der Waals surface area contributed by atoms with Crippen molar-refractivity contribution in [3.63, 3.8) is 0 Å². The Kier molecular flexibility index (Phi) is 5.80. The molecule has 188 valence electrons. The second-order valence-electron chi connectivity index (χ2n) is 7.84. The first-order chi connectivity index (χ1) is 17.6. The summed E-state index contributed by atoms with van der Waals surface area (Å²) in [5.74, 6) is -1.28. The van der Waals surface area contributed by atoms with Crippen LogP contribution in [0.4, 0.5) is 13.2 Å². The van der Waals surface area contributed by atoms with Crippen molar-refractivity contribution >= 4 is 28.3 Å². The molecule has 0 bridgehead atoms. The fourth-order valence-corrected chi connectivity index (χ4v) is 4.20. The molecule has 14 heteroatoms. The number of fused-ring (bicyclic) bond motifs is 1. The summed E-state index contributed by atoms with van der Waals surface area (Å²) in [5.41, 5.74) is 3.53. The molecule has 0 saturated heterocycles. The van der Waals surface area contributed by atoms with E-state index < -0.39 is 28.9 Å². The molecule has 0 atom stereocenters. The maximum Gasteiger partial charge on any atom is 0.434 e. The number of aliphatic hydroxyl groups is 1. The van der Waals surface area contributed by atoms with E-state index in [0.29, 0.717) is 21.6 Å². The molecular formula is C23H15ClF3N7O3. The van der Waals surface area contributed by atoms with Crippen molar-refractivity contribution < 1.29 is 23.1 Å². The molecule has 0 fully saturated rings. The lowest BCUT2D eigenvalue weighted by molar-refractivity contribution is -0.143. The molecule has 10 nitrogen and oxygen atoms in total. The van der Waals surface area contributed by atoms with Gasteiger partial charge in [0.1, 0.15) is 5.15 Å². The predicted octanol–water partition coefficient (Wildman–Crippen LogP) is 3.02. The molecule has 4 heterocycles. The number of rotatable bonds is 5. The van der Waals surface area contributed by atoms with Gasteiger partial charge in [-0.3, -0.25) is 19.1 Å². The standard InChI is InChI=1S/C23H15ClF3N7O3/c24-20-12(11-35)7-30-33(20)14-6-13(8-29-9-14)32-5-4-15-16(22(32)37)2-1-3-18(15)34-19(23(25,26)27)17(10-31-34)21(28)36/h1-10,35H,11H2,(H2,28,36). The number of halogens is 4. The largest absolute Gasteiger partial charge is 0.434 e. The fraction of sp³-hybridized carbons (Fsp3) is 0.0870. The number of amides is 1. The van der Waals surface area contributed by atoms with Crippen molar-refractivity contribution in [3.8, 4) is 17.1 Å². The molecule has 0 unspecified atom stereocenters. The number of aromatic nitrogens is 6. The third kappa shape index (κ3) is 4.03. The molecular weight excluding hydrogens is 515 g/mol. The van der Waals surface area contributed by atoms with Crippen molar-refractivity contribution in [1.82, 2.24) is 29.1 Å². The minimum Gasteiger partial charge on any atom is -0.392 e. The van der Waals surface area contributed by atoms with Crippen LogP contribution in [-0.2, 0) is 12.8 Å². The Labute approximate surface area is 209 Å². The third-order valence-electron chi connectivity index (χ3n) is 5.64. The van der Waals surface area contributed by atoms with E-state index in [1.165, 1.54) is 58.3 Å². The van der Waals surface area contributed by atoms with Crippen molar-refractivity contribution in [2.75, 3.05) is 0 Å². The number of benzene rings is 1. The molecule has 0 aliphatic carbocycles. The number of pyridine rings is 2. The van der Waals surface area contributed by atoms with E-state index in [0.717, 1.165) is 6.20 Å². The summed E-state index contributed by atoms with van der Waals surface area (Å²) in [4.78, 5) is 29.1. The van der Waals surface area contributed by atoms with Gasteiger partial charge < -0.3 is 10.8 Å². The second-order valence-corrected chi connectivity index (χ2v) is 8.20. The summed E-state index contributed by atoms with van der Waals surface area (Å²) < 4.78 is 44.6. The zero-order valence-electron chi connectivity index (χ0n) is 18.5. The molecule has 0 aliphatic heterocycles. The Morgan fingerprint density at radius 3 is 2.43 bits per heavy atom. The van der Waals surface area contributed by atoms with Gasteiger partial charge in [0, 0.05) is 22.5 Å².